The molecule has 3 amide bonds. The lowest BCUT2D eigenvalue weighted by molar-refractivity contribution is -0.133. The van der Waals surface area contributed by atoms with Crippen LogP contribution in [-0.2, 0) is 21.2 Å². The first-order valence-electron chi connectivity index (χ1n) is 10.6. The Bertz CT molecular complexity index is 1220. The van der Waals surface area contributed by atoms with Crippen LogP contribution in [0.1, 0.15) is 15.9 Å². The summed E-state index contributed by atoms with van der Waals surface area (Å²) in [6.45, 7) is 0.605. The topological polar surface area (TPSA) is 156 Å². The molecule has 1 fully saturated rings. The molecule has 4 rings (SSSR count). The molecular weight excluding hydrogens is 464 g/mol. The van der Waals surface area contributed by atoms with E-state index >= 15 is 0 Å². The number of carbonyl (C=O) groups is 3. The van der Waals surface area contributed by atoms with Crippen molar-refractivity contribution >= 4 is 33.4 Å². The van der Waals surface area contributed by atoms with Crippen LogP contribution in [0.15, 0.2) is 53.4 Å². The summed E-state index contributed by atoms with van der Waals surface area (Å²) in [5, 5.41) is 20.8. The van der Waals surface area contributed by atoms with Crippen molar-refractivity contribution in [2.24, 2.45) is 5.92 Å². The molecule has 2 aliphatic rings. The SMILES string of the molecule is O=C(N[C@@H]1CN(C(=O)O)C[C@@H]1C(=O)NO)c1ccc(CN2CCS(=O)(=O)c3ccccc32)cc1. The number of hydrogen-bond acceptors (Lipinski definition) is 7. The second kappa shape index (κ2) is 9.31. The third-order valence-corrected chi connectivity index (χ3v) is 7.85. The summed E-state index contributed by atoms with van der Waals surface area (Å²) in [6, 6.07) is 12.8. The third kappa shape index (κ3) is 4.68. The number of sulfone groups is 1. The van der Waals surface area contributed by atoms with Crippen molar-refractivity contribution < 1.29 is 33.1 Å². The maximum absolute atomic E-state index is 12.7. The first-order chi connectivity index (χ1) is 16.2. The minimum absolute atomic E-state index is 0.0296. The van der Waals surface area contributed by atoms with Gasteiger partial charge in [0, 0.05) is 31.7 Å². The van der Waals surface area contributed by atoms with Gasteiger partial charge in [0.15, 0.2) is 9.84 Å². The van der Waals surface area contributed by atoms with Gasteiger partial charge in [0.25, 0.3) is 5.91 Å². The van der Waals surface area contributed by atoms with Gasteiger partial charge in [-0.1, -0.05) is 24.3 Å². The summed E-state index contributed by atoms with van der Waals surface area (Å²) in [5.74, 6) is -2.14. The zero-order valence-electron chi connectivity index (χ0n) is 18.0. The molecule has 0 saturated carbocycles. The molecule has 0 bridgehead atoms. The standard InChI is InChI=1S/C22H24N4O7S/c27-20(23-17-13-26(22(29)30)12-16(17)21(28)24-31)15-7-5-14(6-8-15)11-25-9-10-34(32,33)19-4-2-1-3-18(19)25/h1-8,16-17,31H,9-13H2,(H,23,27)(H,24,28)(H,29,30)/t16-,17+/m0/s1. The average Bonchev–Trinajstić information content (AvgIpc) is 3.25. The van der Waals surface area contributed by atoms with E-state index in [1.54, 1.807) is 48.5 Å². The van der Waals surface area contributed by atoms with Crippen LogP contribution in [0.4, 0.5) is 10.5 Å². The van der Waals surface area contributed by atoms with Crippen LogP contribution in [0.25, 0.3) is 0 Å². The summed E-state index contributed by atoms with van der Waals surface area (Å²) >= 11 is 0. The molecule has 1 saturated heterocycles. The van der Waals surface area contributed by atoms with Gasteiger partial charge in [-0.05, 0) is 29.8 Å². The van der Waals surface area contributed by atoms with E-state index in [1.165, 1.54) is 5.48 Å². The number of likely N-dealkylation sites (tertiary alicyclic amines) is 1. The van der Waals surface area contributed by atoms with E-state index in [0.717, 1.165) is 10.5 Å². The second-order valence-corrected chi connectivity index (χ2v) is 10.3. The van der Waals surface area contributed by atoms with E-state index < -0.39 is 39.7 Å². The van der Waals surface area contributed by atoms with Crippen molar-refractivity contribution in [1.29, 1.82) is 0 Å². The van der Waals surface area contributed by atoms with Gasteiger partial charge in [-0.15, -0.1) is 0 Å². The van der Waals surface area contributed by atoms with Crippen molar-refractivity contribution in [2.75, 3.05) is 30.3 Å². The number of para-hydroxylation sites is 1. The highest BCUT2D eigenvalue weighted by Gasteiger charge is 2.40. The van der Waals surface area contributed by atoms with Gasteiger partial charge in [-0.3, -0.25) is 14.8 Å². The van der Waals surface area contributed by atoms with Gasteiger partial charge >= 0.3 is 6.09 Å². The number of carboxylic acid groups (broad SMARTS) is 1. The van der Waals surface area contributed by atoms with Crippen molar-refractivity contribution in [2.45, 2.75) is 17.5 Å². The molecule has 0 unspecified atom stereocenters. The van der Waals surface area contributed by atoms with Crippen LogP contribution in [0.5, 0.6) is 0 Å². The Morgan fingerprint density at radius 1 is 1.03 bits per heavy atom. The molecule has 2 aromatic rings. The number of hydrogen-bond donors (Lipinski definition) is 4. The molecule has 11 nitrogen and oxygen atoms in total. The molecule has 0 aromatic heterocycles. The van der Waals surface area contributed by atoms with E-state index in [-0.39, 0.29) is 18.8 Å². The lowest BCUT2D eigenvalue weighted by atomic mass is 10.0. The number of rotatable bonds is 5. The summed E-state index contributed by atoms with van der Waals surface area (Å²) in [5.41, 5.74) is 3.36. The molecule has 2 aromatic carbocycles. The predicted molar refractivity (Wildman–Crippen MR) is 120 cm³/mol. The first-order valence-corrected chi connectivity index (χ1v) is 12.2. The van der Waals surface area contributed by atoms with E-state index in [9.17, 15) is 27.9 Å². The van der Waals surface area contributed by atoms with Crippen LogP contribution in [0.3, 0.4) is 0 Å². The average molecular weight is 489 g/mol. The number of nitrogens with one attached hydrogen (secondary N) is 2. The van der Waals surface area contributed by atoms with Crippen LogP contribution < -0.4 is 15.7 Å². The smallest absolute Gasteiger partial charge is 0.407 e. The van der Waals surface area contributed by atoms with Gasteiger partial charge in [-0.25, -0.2) is 18.7 Å². The molecule has 4 N–H and O–H groups in total. The van der Waals surface area contributed by atoms with Gasteiger partial charge in [0.1, 0.15) is 0 Å². The predicted octanol–water partition coefficient (Wildman–Crippen LogP) is 0.694. The summed E-state index contributed by atoms with van der Waals surface area (Å²) in [7, 11) is -3.30. The first kappa shape index (κ1) is 23.5. The fourth-order valence-electron chi connectivity index (χ4n) is 4.29. The molecule has 0 aliphatic carbocycles. The molecule has 0 radical (unpaired) electrons. The molecule has 2 heterocycles. The Labute approximate surface area is 195 Å². The zero-order valence-corrected chi connectivity index (χ0v) is 18.9. The monoisotopic (exact) mass is 488 g/mol. The fraction of sp³-hybridized carbons (Fsp3) is 0.318. The maximum Gasteiger partial charge on any atom is 0.407 e. The van der Waals surface area contributed by atoms with E-state index in [2.05, 4.69) is 5.32 Å². The number of hydroxylamine groups is 1. The van der Waals surface area contributed by atoms with Crippen molar-refractivity contribution in [3.8, 4) is 0 Å². The lowest BCUT2D eigenvalue weighted by Crippen LogP contribution is -2.45. The van der Waals surface area contributed by atoms with E-state index in [1.807, 2.05) is 4.90 Å². The summed E-state index contributed by atoms with van der Waals surface area (Å²) in [4.78, 5) is 39.2. The molecule has 12 heteroatoms. The van der Waals surface area contributed by atoms with Crippen LogP contribution in [0, 0.1) is 5.92 Å². The van der Waals surface area contributed by atoms with Crippen LogP contribution >= 0.6 is 0 Å². The Hall–Kier alpha value is -3.64. The van der Waals surface area contributed by atoms with Crippen molar-refractivity contribution in [3.63, 3.8) is 0 Å². The number of carbonyl (C=O) groups excluding carboxylic acids is 2. The van der Waals surface area contributed by atoms with Crippen LogP contribution in [0.2, 0.25) is 0 Å². The normalized spacial score (nSPS) is 21.0. The number of benzene rings is 2. The Balaban J connectivity index is 1.44. The minimum Gasteiger partial charge on any atom is -0.465 e. The highest BCUT2D eigenvalue weighted by Crippen LogP contribution is 2.31. The van der Waals surface area contributed by atoms with Gasteiger partial charge in [0.05, 0.1) is 28.3 Å². The number of anilines is 1. The molecular formula is C22H24N4O7S. The van der Waals surface area contributed by atoms with Crippen molar-refractivity contribution in [1.82, 2.24) is 15.7 Å². The van der Waals surface area contributed by atoms with Gasteiger partial charge in [-0.2, -0.15) is 0 Å². The van der Waals surface area contributed by atoms with Crippen LogP contribution in [-0.4, -0.2) is 73.0 Å². The quantitative estimate of drug-likeness (QED) is 0.354. The molecule has 180 valence electrons. The lowest BCUT2D eigenvalue weighted by Gasteiger charge is -2.31. The number of fused-ring (bicyclic) bond motifs is 1. The molecule has 34 heavy (non-hydrogen) atoms. The van der Waals surface area contributed by atoms with Gasteiger partial charge in [0.2, 0.25) is 5.91 Å². The second-order valence-electron chi connectivity index (χ2n) is 8.26. The molecule has 2 aliphatic heterocycles. The number of nitrogens with zero attached hydrogens (tertiary/aromatic N) is 2. The maximum atomic E-state index is 12.7. The summed E-state index contributed by atoms with van der Waals surface area (Å²) < 4.78 is 24.7. The molecule has 2 atom stereocenters. The Morgan fingerprint density at radius 2 is 1.74 bits per heavy atom. The largest absolute Gasteiger partial charge is 0.465 e. The number of amides is 3. The van der Waals surface area contributed by atoms with Gasteiger partial charge < -0.3 is 20.2 Å². The highest BCUT2D eigenvalue weighted by molar-refractivity contribution is 7.91. The highest BCUT2D eigenvalue weighted by atomic mass is 32.2. The van der Waals surface area contributed by atoms with E-state index in [0.29, 0.717) is 29.2 Å². The Kier molecular flexibility index (Phi) is 6.44. The van der Waals surface area contributed by atoms with Crippen molar-refractivity contribution in [3.05, 3.63) is 59.7 Å². The Morgan fingerprint density at radius 3 is 2.41 bits per heavy atom. The fourth-order valence-corrected chi connectivity index (χ4v) is 5.78. The zero-order chi connectivity index (χ0) is 24.5. The summed E-state index contributed by atoms with van der Waals surface area (Å²) in [6.07, 6.45) is -1.22. The minimum atomic E-state index is -3.30. The van der Waals surface area contributed by atoms with E-state index in [4.69, 9.17) is 5.21 Å². The molecule has 0 spiro atoms. The third-order valence-electron chi connectivity index (χ3n) is 6.11.